The molecule has 0 aliphatic rings. The van der Waals surface area contributed by atoms with E-state index in [0.717, 1.165) is 36.5 Å². The predicted molar refractivity (Wildman–Crippen MR) is 90.4 cm³/mol. The number of nitrogens with one attached hydrogen (secondary N) is 1. The van der Waals surface area contributed by atoms with Crippen molar-refractivity contribution in [2.75, 3.05) is 14.1 Å². The zero-order valence-electron chi connectivity index (χ0n) is 14.2. The van der Waals surface area contributed by atoms with Crippen molar-refractivity contribution in [3.8, 4) is 0 Å². The van der Waals surface area contributed by atoms with Gasteiger partial charge in [-0.25, -0.2) is 0 Å². The third-order valence-corrected chi connectivity index (χ3v) is 4.00. The Bertz CT molecular complexity index is 543. The normalized spacial score (nSPS) is 12.0. The number of rotatable bonds is 10. The van der Waals surface area contributed by atoms with Gasteiger partial charge >= 0.3 is 0 Å². The first-order valence-electron chi connectivity index (χ1n) is 8.00. The number of hydrogen-bond donors (Lipinski definition) is 1. The van der Waals surface area contributed by atoms with Crippen LogP contribution in [0.2, 0.25) is 0 Å². The van der Waals surface area contributed by atoms with E-state index in [1.165, 1.54) is 0 Å². The minimum atomic E-state index is -0.389. The van der Waals surface area contributed by atoms with Crippen LogP contribution >= 0.6 is 0 Å². The van der Waals surface area contributed by atoms with Crippen LogP contribution in [0.5, 0.6) is 0 Å². The summed E-state index contributed by atoms with van der Waals surface area (Å²) >= 11 is 0. The molecule has 0 spiro atoms. The number of carbonyl (C=O) groups is 3. The monoisotopic (exact) mass is 318 g/mol. The molecule has 0 fully saturated rings. The fourth-order valence-corrected chi connectivity index (χ4v) is 2.77. The van der Waals surface area contributed by atoms with Gasteiger partial charge < -0.3 is 10.1 Å². The fraction of sp³-hybridized carbons (Fsp3) is 0.500. The SMILES string of the molecule is CCCc1cccc(C=O)c1CN(C)C(CCC=O)C(=O)NC. The molecule has 0 aliphatic heterocycles. The Hall–Kier alpha value is -2.01. The van der Waals surface area contributed by atoms with Gasteiger partial charge in [0.1, 0.15) is 12.6 Å². The summed E-state index contributed by atoms with van der Waals surface area (Å²) in [6.07, 6.45) is 4.37. The minimum absolute atomic E-state index is 0.116. The van der Waals surface area contributed by atoms with Crippen molar-refractivity contribution in [2.45, 2.75) is 45.2 Å². The van der Waals surface area contributed by atoms with Crippen molar-refractivity contribution in [1.29, 1.82) is 0 Å². The van der Waals surface area contributed by atoms with Crippen LogP contribution in [0.1, 0.15) is 47.7 Å². The highest BCUT2D eigenvalue weighted by atomic mass is 16.2. The maximum atomic E-state index is 12.1. The summed E-state index contributed by atoms with van der Waals surface area (Å²) in [6.45, 7) is 2.60. The molecule has 0 bridgehead atoms. The molecule has 5 heteroatoms. The number of amides is 1. The molecule has 23 heavy (non-hydrogen) atoms. The first kappa shape index (κ1) is 19.0. The van der Waals surface area contributed by atoms with E-state index in [-0.39, 0.29) is 11.9 Å². The number of likely N-dealkylation sites (N-methyl/N-ethyl adjacent to an activating group) is 2. The van der Waals surface area contributed by atoms with E-state index in [4.69, 9.17) is 0 Å². The predicted octanol–water partition coefficient (Wildman–Crippen LogP) is 1.98. The highest BCUT2D eigenvalue weighted by molar-refractivity contribution is 5.82. The van der Waals surface area contributed by atoms with Crippen molar-refractivity contribution in [1.82, 2.24) is 10.2 Å². The number of benzene rings is 1. The summed E-state index contributed by atoms with van der Waals surface area (Å²) in [5, 5.41) is 2.64. The molecular weight excluding hydrogens is 292 g/mol. The van der Waals surface area contributed by atoms with Crippen molar-refractivity contribution in [2.24, 2.45) is 0 Å². The summed E-state index contributed by atoms with van der Waals surface area (Å²) in [7, 11) is 3.44. The Morgan fingerprint density at radius 3 is 2.65 bits per heavy atom. The summed E-state index contributed by atoms with van der Waals surface area (Å²) in [5.74, 6) is -0.116. The molecule has 0 aliphatic carbocycles. The minimum Gasteiger partial charge on any atom is -0.358 e. The Morgan fingerprint density at radius 2 is 2.09 bits per heavy atom. The smallest absolute Gasteiger partial charge is 0.237 e. The lowest BCUT2D eigenvalue weighted by Gasteiger charge is -2.27. The highest BCUT2D eigenvalue weighted by Crippen LogP contribution is 2.19. The topological polar surface area (TPSA) is 66.5 Å². The van der Waals surface area contributed by atoms with Gasteiger partial charge in [0.2, 0.25) is 5.91 Å². The maximum Gasteiger partial charge on any atom is 0.237 e. The molecule has 0 saturated heterocycles. The van der Waals surface area contributed by atoms with Crippen molar-refractivity contribution in [3.05, 3.63) is 34.9 Å². The van der Waals surface area contributed by atoms with E-state index in [2.05, 4.69) is 12.2 Å². The van der Waals surface area contributed by atoms with E-state index in [1.807, 2.05) is 24.1 Å². The van der Waals surface area contributed by atoms with Gasteiger partial charge in [0.25, 0.3) is 0 Å². The van der Waals surface area contributed by atoms with Gasteiger partial charge in [-0.15, -0.1) is 0 Å². The van der Waals surface area contributed by atoms with Gasteiger partial charge in [0.05, 0.1) is 6.04 Å². The Labute approximate surface area is 138 Å². The summed E-state index contributed by atoms with van der Waals surface area (Å²) in [6, 6.07) is 5.33. The first-order valence-corrected chi connectivity index (χ1v) is 8.00. The maximum absolute atomic E-state index is 12.1. The lowest BCUT2D eigenvalue weighted by Crippen LogP contribution is -2.44. The Balaban J connectivity index is 3.04. The van der Waals surface area contributed by atoms with Crippen LogP contribution in [-0.4, -0.2) is 43.5 Å². The summed E-state index contributed by atoms with van der Waals surface area (Å²) < 4.78 is 0. The first-order chi connectivity index (χ1) is 11.1. The second kappa shape index (κ2) is 9.90. The zero-order valence-corrected chi connectivity index (χ0v) is 14.2. The largest absolute Gasteiger partial charge is 0.358 e. The van der Waals surface area contributed by atoms with Crippen molar-refractivity contribution >= 4 is 18.5 Å². The van der Waals surface area contributed by atoms with Crippen LogP contribution in [-0.2, 0) is 22.6 Å². The fourth-order valence-electron chi connectivity index (χ4n) is 2.77. The molecule has 0 saturated carbocycles. The molecule has 1 amide bonds. The molecule has 0 aromatic heterocycles. The van der Waals surface area contributed by atoms with Crippen LogP contribution in [0.25, 0.3) is 0 Å². The lowest BCUT2D eigenvalue weighted by atomic mass is 9.97. The average Bonchev–Trinajstić information content (AvgIpc) is 2.56. The number of hydrogen-bond acceptors (Lipinski definition) is 4. The molecule has 1 aromatic rings. The summed E-state index contributed by atoms with van der Waals surface area (Å²) in [5.41, 5.74) is 2.76. The molecule has 126 valence electrons. The molecule has 0 radical (unpaired) electrons. The van der Waals surface area contributed by atoms with Crippen molar-refractivity contribution in [3.63, 3.8) is 0 Å². The van der Waals surface area contributed by atoms with Crippen LogP contribution in [0.4, 0.5) is 0 Å². The molecule has 1 aromatic carbocycles. The van der Waals surface area contributed by atoms with Crippen molar-refractivity contribution < 1.29 is 14.4 Å². The molecule has 5 nitrogen and oxygen atoms in total. The second-order valence-corrected chi connectivity index (χ2v) is 5.64. The number of aldehydes is 2. The highest BCUT2D eigenvalue weighted by Gasteiger charge is 2.23. The van der Waals surface area contributed by atoms with E-state index >= 15 is 0 Å². The van der Waals surface area contributed by atoms with Crippen LogP contribution in [0, 0.1) is 0 Å². The van der Waals surface area contributed by atoms with Gasteiger partial charge in [-0.1, -0.05) is 31.5 Å². The molecule has 1 atom stereocenters. The number of nitrogens with zero attached hydrogens (tertiary/aromatic N) is 1. The van der Waals surface area contributed by atoms with E-state index in [0.29, 0.717) is 24.9 Å². The molecule has 0 heterocycles. The van der Waals surface area contributed by atoms with Gasteiger partial charge in [0.15, 0.2) is 0 Å². The van der Waals surface area contributed by atoms with Crippen LogP contribution in [0.15, 0.2) is 18.2 Å². The molecule has 1 N–H and O–H groups in total. The third kappa shape index (κ3) is 5.28. The zero-order chi connectivity index (χ0) is 17.2. The average molecular weight is 318 g/mol. The summed E-state index contributed by atoms with van der Waals surface area (Å²) in [4.78, 5) is 36.0. The van der Waals surface area contributed by atoms with Gasteiger partial charge in [-0.05, 0) is 31.0 Å². The second-order valence-electron chi connectivity index (χ2n) is 5.64. The lowest BCUT2D eigenvalue weighted by molar-refractivity contribution is -0.126. The van der Waals surface area contributed by atoms with E-state index in [1.54, 1.807) is 13.1 Å². The third-order valence-electron chi connectivity index (χ3n) is 4.00. The number of carbonyl (C=O) groups excluding carboxylic acids is 3. The standard InChI is InChI=1S/C18H26N2O3/c1-4-7-14-8-5-9-15(13-22)16(14)12-20(3)17(10-6-11-21)18(23)19-2/h5,8-9,11,13,17H,4,6-7,10,12H2,1-3H3,(H,19,23). The van der Waals surface area contributed by atoms with Crippen LogP contribution < -0.4 is 5.32 Å². The number of aryl methyl sites for hydroxylation is 1. The quantitative estimate of drug-likeness (QED) is 0.670. The molecule has 1 unspecified atom stereocenters. The Kier molecular flexibility index (Phi) is 8.19. The van der Waals surface area contributed by atoms with Gasteiger partial charge in [-0.2, -0.15) is 0 Å². The molecule has 1 rings (SSSR count). The molecular formula is C18H26N2O3. The van der Waals surface area contributed by atoms with Gasteiger partial charge in [0, 0.05) is 25.6 Å². The van der Waals surface area contributed by atoms with Gasteiger partial charge in [-0.3, -0.25) is 14.5 Å². The van der Waals surface area contributed by atoms with E-state index < -0.39 is 0 Å². The Morgan fingerprint density at radius 1 is 1.35 bits per heavy atom. The van der Waals surface area contributed by atoms with Crippen LogP contribution in [0.3, 0.4) is 0 Å². The van der Waals surface area contributed by atoms with E-state index in [9.17, 15) is 14.4 Å².